The number of nitro benzene ring substituents is 1. The molecule has 7 heteroatoms. The maximum Gasteiger partial charge on any atom is 0.270 e. The summed E-state index contributed by atoms with van der Waals surface area (Å²) in [6, 6.07) is 13.8. The zero-order valence-corrected chi connectivity index (χ0v) is 30.4. The average molecular weight is 656 g/mol. The molecule has 0 spiro atoms. The second-order valence-corrected chi connectivity index (χ2v) is 12.9. The Balaban J connectivity index is 1.93. The number of nitro groups is 1. The SMILES string of the molecule is CCC1=C(CC)c2nc1cc1[nH]c(cc3[nH]c(cc4nc(c2-c2cccc([N+](=O)[O-])c2)C(CC)=C4CC)c(CC)c3CC)c(CC)c1CC. The van der Waals surface area contributed by atoms with Gasteiger partial charge in [-0.25, -0.2) is 9.97 Å². The van der Waals surface area contributed by atoms with E-state index in [1.165, 1.54) is 44.5 Å². The summed E-state index contributed by atoms with van der Waals surface area (Å²) in [6.07, 6.45) is 6.88. The molecule has 0 saturated carbocycles. The van der Waals surface area contributed by atoms with Gasteiger partial charge in [-0.3, -0.25) is 10.1 Å². The summed E-state index contributed by atoms with van der Waals surface area (Å²) in [7, 11) is 0. The smallest absolute Gasteiger partial charge is 0.270 e. The van der Waals surface area contributed by atoms with E-state index in [4.69, 9.17) is 9.97 Å². The molecule has 3 aromatic heterocycles. The van der Waals surface area contributed by atoms with E-state index < -0.39 is 0 Å². The molecule has 0 fully saturated rings. The molecule has 8 bridgehead atoms. The molecule has 5 heterocycles. The summed E-state index contributed by atoms with van der Waals surface area (Å²) >= 11 is 0. The molecule has 1 aromatic carbocycles. The van der Waals surface area contributed by atoms with Crippen LogP contribution >= 0.6 is 0 Å². The van der Waals surface area contributed by atoms with Gasteiger partial charge in [0, 0.05) is 39.8 Å². The highest BCUT2D eigenvalue weighted by Crippen LogP contribution is 2.45. The third kappa shape index (κ3) is 5.73. The first kappa shape index (κ1) is 34.1. The fourth-order valence-corrected chi connectivity index (χ4v) is 8.24. The highest BCUT2D eigenvalue weighted by Gasteiger charge is 2.28. The number of aryl methyl sites for hydroxylation is 4. The fourth-order valence-electron chi connectivity index (χ4n) is 8.24. The normalized spacial score (nSPS) is 13.1. The molecule has 2 aliphatic rings. The molecule has 6 rings (SSSR count). The Morgan fingerprint density at radius 2 is 0.959 bits per heavy atom. The van der Waals surface area contributed by atoms with Crippen LogP contribution in [-0.2, 0) is 25.7 Å². The Morgan fingerprint density at radius 1 is 0.551 bits per heavy atom. The number of hydrogen-bond donors (Lipinski definition) is 2. The molecule has 2 N–H and O–H groups in total. The summed E-state index contributed by atoms with van der Waals surface area (Å²) in [5, 5.41) is 12.1. The van der Waals surface area contributed by atoms with E-state index >= 15 is 0 Å². The fraction of sp³-hybridized carbons (Fsp3) is 0.381. The van der Waals surface area contributed by atoms with Crippen LogP contribution in [0.25, 0.3) is 55.5 Å². The maximum absolute atomic E-state index is 12.1. The predicted octanol–water partition coefficient (Wildman–Crippen LogP) is 11.6. The van der Waals surface area contributed by atoms with Crippen LogP contribution in [0.15, 0.2) is 42.5 Å². The number of hydrogen-bond acceptors (Lipinski definition) is 4. The Kier molecular flexibility index (Phi) is 9.73. The summed E-state index contributed by atoms with van der Waals surface area (Å²) in [4.78, 5) is 30.3. The van der Waals surface area contributed by atoms with Gasteiger partial charge in [0.2, 0.25) is 0 Å². The van der Waals surface area contributed by atoms with Crippen molar-refractivity contribution in [3.05, 3.63) is 97.6 Å². The molecule has 0 aliphatic carbocycles. The monoisotopic (exact) mass is 655 g/mol. The van der Waals surface area contributed by atoms with Crippen molar-refractivity contribution < 1.29 is 4.92 Å². The van der Waals surface area contributed by atoms with Gasteiger partial charge in [0.1, 0.15) is 0 Å². The minimum atomic E-state index is -0.316. The molecule has 0 radical (unpaired) electrons. The molecule has 7 nitrogen and oxygen atoms in total. The van der Waals surface area contributed by atoms with Crippen LogP contribution in [0, 0.1) is 10.1 Å². The molecule has 0 unspecified atom stereocenters. The maximum atomic E-state index is 12.1. The lowest BCUT2D eigenvalue weighted by Crippen LogP contribution is -1.96. The average Bonchev–Trinajstić information content (AvgIpc) is 3.83. The Hall–Kier alpha value is -4.78. The lowest BCUT2D eigenvalue weighted by molar-refractivity contribution is -0.384. The van der Waals surface area contributed by atoms with Crippen molar-refractivity contribution >= 4 is 50.0 Å². The molecule has 4 aromatic rings. The Labute approximate surface area is 289 Å². The third-order valence-corrected chi connectivity index (χ3v) is 10.4. The molecule has 0 saturated heterocycles. The second-order valence-electron chi connectivity index (χ2n) is 12.9. The van der Waals surface area contributed by atoms with E-state index in [-0.39, 0.29) is 10.6 Å². The van der Waals surface area contributed by atoms with Crippen LogP contribution < -0.4 is 0 Å². The van der Waals surface area contributed by atoms with Gasteiger partial charge in [-0.2, -0.15) is 0 Å². The van der Waals surface area contributed by atoms with Gasteiger partial charge in [-0.05, 0) is 120 Å². The molecule has 254 valence electrons. The number of aromatic amines is 2. The van der Waals surface area contributed by atoms with Crippen molar-refractivity contribution in [1.29, 1.82) is 0 Å². The zero-order valence-electron chi connectivity index (χ0n) is 30.4. The first-order valence-electron chi connectivity index (χ1n) is 18.3. The number of aromatic nitrogens is 4. The summed E-state index contributed by atoms with van der Waals surface area (Å²) in [6.45, 7) is 17.7. The summed E-state index contributed by atoms with van der Waals surface area (Å²) in [5.41, 5.74) is 19.9. The van der Waals surface area contributed by atoms with Crippen molar-refractivity contribution in [2.45, 2.75) is 107 Å². The quantitative estimate of drug-likeness (QED) is 0.131. The lowest BCUT2D eigenvalue weighted by Gasteiger charge is -2.12. The Bertz CT molecular complexity index is 2070. The van der Waals surface area contributed by atoms with Gasteiger partial charge in [-0.1, -0.05) is 67.5 Å². The first-order chi connectivity index (χ1) is 23.8. The van der Waals surface area contributed by atoms with E-state index in [1.807, 2.05) is 6.07 Å². The van der Waals surface area contributed by atoms with E-state index in [0.717, 1.165) is 107 Å². The van der Waals surface area contributed by atoms with Crippen molar-refractivity contribution in [3.8, 4) is 11.1 Å². The molecule has 49 heavy (non-hydrogen) atoms. The number of fused-ring (bicyclic) bond motifs is 8. The Morgan fingerprint density at radius 3 is 1.33 bits per heavy atom. The number of benzene rings is 1. The third-order valence-electron chi connectivity index (χ3n) is 10.4. The van der Waals surface area contributed by atoms with E-state index in [9.17, 15) is 10.1 Å². The van der Waals surface area contributed by atoms with Crippen LogP contribution in [0.1, 0.15) is 126 Å². The number of allylic oxidation sites excluding steroid dienone is 4. The minimum Gasteiger partial charge on any atom is -0.355 e. The van der Waals surface area contributed by atoms with Crippen LogP contribution in [0.2, 0.25) is 0 Å². The van der Waals surface area contributed by atoms with Gasteiger partial charge >= 0.3 is 0 Å². The van der Waals surface area contributed by atoms with Gasteiger partial charge in [0.05, 0.1) is 27.7 Å². The van der Waals surface area contributed by atoms with E-state index in [0.29, 0.717) is 0 Å². The van der Waals surface area contributed by atoms with Crippen LogP contribution in [0.4, 0.5) is 5.69 Å². The summed E-state index contributed by atoms with van der Waals surface area (Å²) in [5.74, 6) is 0. The number of nitrogens with one attached hydrogen (secondary N) is 2. The zero-order chi connectivity index (χ0) is 35.0. The topological polar surface area (TPSA) is 100 Å². The molecular weight excluding hydrogens is 606 g/mol. The van der Waals surface area contributed by atoms with Gasteiger partial charge in [0.15, 0.2) is 0 Å². The number of nitrogens with zero attached hydrogens (tertiary/aromatic N) is 3. The minimum absolute atomic E-state index is 0.0600. The second kappa shape index (κ2) is 14.0. The lowest BCUT2D eigenvalue weighted by atomic mass is 9.90. The van der Waals surface area contributed by atoms with Crippen molar-refractivity contribution in [1.82, 2.24) is 19.9 Å². The van der Waals surface area contributed by atoms with Gasteiger partial charge < -0.3 is 9.97 Å². The largest absolute Gasteiger partial charge is 0.355 e. The molecule has 0 amide bonds. The van der Waals surface area contributed by atoms with Crippen molar-refractivity contribution in [2.24, 2.45) is 0 Å². The molecular formula is C42H49N5O2. The number of rotatable bonds is 10. The predicted molar refractivity (Wildman–Crippen MR) is 205 cm³/mol. The van der Waals surface area contributed by atoms with Gasteiger partial charge in [0.25, 0.3) is 5.69 Å². The molecule has 2 aliphatic heterocycles. The van der Waals surface area contributed by atoms with Crippen molar-refractivity contribution in [3.63, 3.8) is 0 Å². The van der Waals surface area contributed by atoms with Crippen LogP contribution in [0.5, 0.6) is 0 Å². The van der Waals surface area contributed by atoms with Crippen LogP contribution in [-0.4, -0.2) is 24.9 Å². The van der Waals surface area contributed by atoms with E-state index in [2.05, 4.69) is 83.6 Å². The molecule has 0 atom stereocenters. The summed E-state index contributed by atoms with van der Waals surface area (Å²) < 4.78 is 0. The number of non-ortho nitro benzene ring substituents is 1. The highest BCUT2D eigenvalue weighted by molar-refractivity contribution is 6.03. The van der Waals surface area contributed by atoms with Crippen LogP contribution in [0.3, 0.4) is 0 Å². The van der Waals surface area contributed by atoms with E-state index in [1.54, 1.807) is 18.2 Å². The van der Waals surface area contributed by atoms with Crippen molar-refractivity contribution in [2.75, 3.05) is 0 Å². The number of H-pyrrole nitrogens is 2. The first-order valence-corrected chi connectivity index (χ1v) is 18.3. The standard InChI is InChI=1S/C42H49N5O2/c1-9-26-28(11-3)36-22-38-30(13-5)32(15-7)41(45-38)40(24-18-17-19-25(20-24)47(48)49)42-33(16-8)31(14-6)39(46-42)23-37-29(12-4)27(10-2)35(44-37)21-34(26)43-36/h17-23,43-44H,9-16H2,1-8H3. The highest BCUT2D eigenvalue weighted by atomic mass is 16.6. The van der Waals surface area contributed by atoms with Gasteiger partial charge in [-0.15, -0.1) is 0 Å².